The quantitative estimate of drug-likeness (QED) is 0.757. The number of rotatable bonds is 3. The SMILES string of the molecule is Cc1ccc(S(=O)(=O)Nc2cccc3c2CNCC3)c2ccccc12. The fraction of sp³-hybridized carbons (Fsp3) is 0.200. The van der Waals surface area contributed by atoms with Crippen LogP contribution in [0.4, 0.5) is 5.69 Å². The second kappa shape index (κ2) is 6.17. The van der Waals surface area contributed by atoms with E-state index in [9.17, 15) is 8.42 Å². The average Bonchev–Trinajstić information content (AvgIpc) is 2.62. The molecule has 3 aromatic rings. The molecule has 1 aliphatic heterocycles. The Morgan fingerprint density at radius 1 is 0.960 bits per heavy atom. The van der Waals surface area contributed by atoms with Gasteiger partial charge in [0.1, 0.15) is 0 Å². The Morgan fingerprint density at radius 3 is 2.60 bits per heavy atom. The van der Waals surface area contributed by atoms with Gasteiger partial charge in [-0.05, 0) is 54.1 Å². The van der Waals surface area contributed by atoms with Gasteiger partial charge in [-0.15, -0.1) is 0 Å². The van der Waals surface area contributed by atoms with Crippen molar-refractivity contribution in [3.8, 4) is 0 Å². The molecule has 0 bridgehead atoms. The number of aryl methyl sites for hydroxylation is 1. The zero-order valence-electron chi connectivity index (χ0n) is 14.0. The van der Waals surface area contributed by atoms with Crippen molar-refractivity contribution >= 4 is 26.5 Å². The molecule has 0 saturated heterocycles. The van der Waals surface area contributed by atoms with Crippen molar-refractivity contribution in [2.75, 3.05) is 11.3 Å². The molecular weight excluding hydrogens is 332 g/mol. The van der Waals surface area contributed by atoms with Crippen molar-refractivity contribution in [2.45, 2.75) is 24.8 Å². The lowest BCUT2D eigenvalue weighted by molar-refractivity contribution is 0.601. The standard InChI is InChI=1S/C20H20N2O2S/c1-14-9-10-20(17-7-3-2-6-16(14)17)25(23,24)22-19-8-4-5-15-11-12-21-13-18(15)19/h2-10,21-22H,11-13H2,1H3. The van der Waals surface area contributed by atoms with E-state index in [1.54, 1.807) is 6.07 Å². The molecule has 0 unspecified atom stereocenters. The number of sulfonamides is 1. The first-order chi connectivity index (χ1) is 12.1. The maximum Gasteiger partial charge on any atom is 0.262 e. The molecule has 0 spiro atoms. The summed E-state index contributed by atoms with van der Waals surface area (Å²) in [7, 11) is -3.67. The summed E-state index contributed by atoms with van der Waals surface area (Å²) in [6.45, 7) is 3.60. The summed E-state index contributed by atoms with van der Waals surface area (Å²) in [5, 5.41) is 5.02. The van der Waals surface area contributed by atoms with E-state index in [1.165, 1.54) is 5.56 Å². The summed E-state index contributed by atoms with van der Waals surface area (Å²) in [4.78, 5) is 0.315. The first-order valence-electron chi connectivity index (χ1n) is 8.39. The van der Waals surface area contributed by atoms with Crippen LogP contribution in [-0.2, 0) is 23.0 Å². The van der Waals surface area contributed by atoms with Gasteiger partial charge >= 0.3 is 0 Å². The first kappa shape index (κ1) is 16.1. The van der Waals surface area contributed by atoms with Crippen LogP contribution in [0.3, 0.4) is 0 Å². The molecule has 25 heavy (non-hydrogen) atoms. The van der Waals surface area contributed by atoms with E-state index < -0.39 is 10.0 Å². The van der Waals surface area contributed by atoms with Gasteiger partial charge in [-0.25, -0.2) is 8.42 Å². The molecule has 0 fully saturated rings. The molecule has 0 aromatic heterocycles. The lowest BCUT2D eigenvalue weighted by Gasteiger charge is -2.21. The number of hydrogen-bond donors (Lipinski definition) is 2. The molecule has 5 heteroatoms. The summed E-state index contributed by atoms with van der Waals surface area (Å²) in [5.41, 5.74) is 3.96. The highest BCUT2D eigenvalue weighted by molar-refractivity contribution is 7.93. The molecule has 4 nitrogen and oxygen atoms in total. The number of benzene rings is 3. The highest BCUT2D eigenvalue weighted by Gasteiger charge is 2.21. The van der Waals surface area contributed by atoms with Gasteiger partial charge in [-0.1, -0.05) is 42.5 Å². The molecule has 2 N–H and O–H groups in total. The van der Waals surface area contributed by atoms with Crippen molar-refractivity contribution in [2.24, 2.45) is 0 Å². The molecule has 1 heterocycles. The van der Waals surface area contributed by atoms with Gasteiger partial charge in [0.05, 0.1) is 10.6 Å². The van der Waals surface area contributed by atoms with E-state index in [0.29, 0.717) is 17.1 Å². The molecule has 128 valence electrons. The highest BCUT2D eigenvalue weighted by Crippen LogP contribution is 2.29. The Kier molecular flexibility index (Phi) is 3.98. The van der Waals surface area contributed by atoms with E-state index in [2.05, 4.69) is 16.1 Å². The number of anilines is 1. The molecule has 0 aliphatic carbocycles. The predicted octanol–water partition coefficient (Wildman–Crippen LogP) is 3.59. The predicted molar refractivity (Wildman–Crippen MR) is 101 cm³/mol. The fourth-order valence-corrected chi connectivity index (χ4v) is 4.77. The van der Waals surface area contributed by atoms with E-state index >= 15 is 0 Å². The number of nitrogens with one attached hydrogen (secondary N) is 2. The van der Waals surface area contributed by atoms with Crippen LogP contribution in [0, 0.1) is 6.92 Å². The van der Waals surface area contributed by atoms with Crippen LogP contribution in [-0.4, -0.2) is 15.0 Å². The lowest BCUT2D eigenvalue weighted by Crippen LogP contribution is -2.25. The third kappa shape index (κ3) is 2.90. The van der Waals surface area contributed by atoms with Gasteiger partial charge in [0.25, 0.3) is 10.0 Å². The third-order valence-corrected chi connectivity index (χ3v) is 6.21. The summed E-state index contributed by atoms with van der Waals surface area (Å²) < 4.78 is 29.0. The highest BCUT2D eigenvalue weighted by atomic mass is 32.2. The molecule has 4 rings (SSSR count). The topological polar surface area (TPSA) is 58.2 Å². The summed E-state index contributed by atoms with van der Waals surface area (Å²) in [6.07, 6.45) is 0.915. The van der Waals surface area contributed by atoms with Crippen molar-refractivity contribution in [3.63, 3.8) is 0 Å². The van der Waals surface area contributed by atoms with Crippen LogP contribution in [0.25, 0.3) is 10.8 Å². The van der Waals surface area contributed by atoms with Crippen LogP contribution in [0.5, 0.6) is 0 Å². The second-order valence-electron chi connectivity index (χ2n) is 6.40. The van der Waals surface area contributed by atoms with Crippen LogP contribution < -0.4 is 10.0 Å². The largest absolute Gasteiger partial charge is 0.312 e. The van der Waals surface area contributed by atoms with E-state index in [1.807, 2.05) is 49.4 Å². The van der Waals surface area contributed by atoms with Gasteiger partial charge < -0.3 is 5.32 Å². The molecular formula is C20H20N2O2S. The Balaban J connectivity index is 1.81. The average molecular weight is 352 g/mol. The zero-order chi connectivity index (χ0) is 17.4. The lowest BCUT2D eigenvalue weighted by atomic mass is 10.00. The number of fused-ring (bicyclic) bond motifs is 2. The van der Waals surface area contributed by atoms with Crippen LogP contribution in [0.15, 0.2) is 59.5 Å². The third-order valence-electron chi connectivity index (χ3n) is 4.78. The molecule has 0 saturated carbocycles. The van der Waals surface area contributed by atoms with Gasteiger partial charge in [-0.2, -0.15) is 0 Å². The first-order valence-corrected chi connectivity index (χ1v) is 9.87. The molecule has 3 aromatic carbocycles. The van der Waals surface area contributed by atoms with E-state index in [0.717, 1.165) is 34.9 Å². The summed E-state index contributed by atoms with van der Waals surface area (Å²) in [5.74, 6) is 0. The van der Waals surface area contributed by atoms with Gasteiger partial charge in [0, 0.05) is 11.9 Å². The minimum Gasteiger partial charge on any atom is -0.312 e. The van der Waals surface area contributed by atoms with Crippen molar-refractivity contribution < 1.29 is 8.42 Å². The van der Waals surface area contributed by atoms with Gasteiger partial charge in [0.2, 0.25) is 0 Å². The molecule has 0 amide bonds. The van der Waals surface area contributed by atoms with Crippen molar-refractivity contribution in [3.05, 3.63) is 71.3 Å². The second-order valence-corrected chi connectivity index (χ2v) is 8.05. The van der Waals surface area contributed by atoms with Gasteiger partial charge in [-0.3, -0.25) is 4.72 Å². The van der Waals surface area contributed by atoms with Crippen LogP contribution >= 0.6 is 0 Å². The van der Waals surface area contributed by atoms with Crippen molar-refractivity contribution in [1.29, 1.82) is 0 Å². The molecule has 0 atom stereocenters. The van der Waals surface area contributed by atoms with Crippen LogP contribution in [0.2, 0.25) is 0 Å². The Labute approximate surface area is 147 Å². The summed E-state index contributed by atoms with van der Waals surface area (Å²) >= 11 is 0. The van der Waals surface area contributed by atoms with Gasteiger partial charge in [0.15, 0.2) is 0 Å². The van der Waals surface area contributed by atoms with E-state index in [-0.39, 0.29) is 0 Å². The fourth-order valence-electron chi connectivity index (χ4n) is 3.47. The normalized spacial score (nSPS) is 14.3. The monoisotopic (exact) mass is 352 g/mol. The van der Waals surface area contributed by atoms with Crippen molar-refractivity contribution in [1.82, 2.24) is 5.32 Å². The minimum atomic E-state index is -3.67. The van der Waals surface area contributed by atoms with Crippen LogP contribution in [0.1, 0.15) is 16.7 Å². The Morgan fingerprint density at radius 2 is 1.76 bits per heavy atom. The zero-order valence-corrected chi connectivity index (χ0v) is 14.9. The Hall–Kier alpha value is -2.37. The smallest absolute Gasteiger partial charge is 0.262 e. The maximum absolute atomic E-state index is 13.1. The maximum atomic E-state index is 13.1. The Bertz CT molecular complexity index is 1060. The summed E-state index contributed by atoms with van der Waals surface area (Å²) in [6, 6.07) is 17.0. The number of hydrogen-bond acceptors (Lipinski definition) is 3. The molecule has 0 radical (unpaired) electrons. The van der Waals surface area contributed by atoms with E-state index in [4.69, 9.17) is 0 Å². The minimum absolute atomic E-state index is 0.315. The molecule has 1 aliphatic rings.